The minimum absolute atomic E-state index is 0.136. The SMILES string of the molecule is COc1ccc2c3c([nH]c2c1)[C@H](CC(C)(C)O)N1C(=O)[C@@H]2CCCN2C(=O)[C@]1(O)[C@H]3OCCC(C)C. The van der Waals surface area contributed by atoms with Gasteiger partial charge in [-0.2, -0.15) is 0 Å². The third kappa shape index (κ3) is 3.79. The summed E-state index contributed by atoms with van der Waals surface area (Å²) in [7, 11) is 1.59. The number of carbonyl (C=O) groups is 2. The quantitative estimate of drug-likeness (QED) is 0.540. The summed E-state index contributed by atoms with van der Waals surface area (Å²) in [5.41, 5.74) is -1.30. The first-order chi connectivity index (χ1) is 17.0. The van der Waals surface area contributed by atoms with Crippen molar-refractivity contribution in [3.05, 3.63) is 29.5 Å². The molecule has 4 heterocycles. The summed E-state index contributed by atoms with van der Waals surface area (Å²) in [6.07, 6.45) is 1.05. The Balaban J connectivity index is 1.75. The molecule has 0 radical (unpaired) electrons. The number of aromatic nitrogens is 1. The molecule has 3 N–H and O–H groups in total. The third-order valence-electron chi connectivity index (χ3n) is 7.74. The van der Waals surface area contributed by atoms with Gasteiger partial charge in [0.05, 0.1) is 18.8 Å². The van der Waals surface area contributed by atoms with Crippen LogP contribution in [-0.4, -0.2) is 74.4 Å². The van der Waals surface area contributed by atoms with E-state index in [1.54, 1.807) is 21.0 Å². The summed E-state index contributed by atoms with van der Waals surface area (Å²) in [5, 5.41) is 24.0. The molecule has 0 bridgehead atoms. The van der Waals surface area contributed by atoms with Crippen molar-refractivity contribution in [2.24, 2.45) is 5.92 Å². The normalized spacial score (nSPS) is 28.1. The number of H-pyrrole nitrogens is 1. The predicted molar refractivity (Wildman–Crippen MR) is 133 cm³/mol. The van der Waals surface area contributed by atoms with E-state index >= 15 is 0 Å². The summed E-state index contributed by atoms with van der Waals surface area (Å²) in [6.45, 7) is 8.25. The highest BCUT2D eigenvalue weighted by Gasteiger charge is 2.66. The Morgan fingerprint density at radius 3 is 2.69 bits per heavy atom. The molecule has 0 spiro atoms. The van der Waals surface area contributed by atoms with Crippen molar-refractivity contribution in [2.45, 2.75) is 82.9 Å². The number of carbonyl (C=O) groups excluding carboxylic acids is 2. The standard InChI is InChI=1S/C27H37N3O6/c1-15(2)10-12-36-23-21-17-9-8-16(35-5)13-18(17)28-22(21)20(14-26(3,4)33)30-24(31)19-7-6-11-29(19)25(32)27(23,30)34/h8-9,13,15,19-20,23,28,33-34H,6-7,10-12,14H2,1-5H3/t19-,20-,23-,27+/m0/s1. The minimum Gasteiger partial charge on any atom is -0.497 e. The second kappa shape index (κ2) is 8.75. The second-order valence-electron chi connectivity index (χ2n) is 11.4. The Kier molecular flexibility index (Phi) is 6.08. The molecule has 2 fully saturated rings. The molecule has 196 valence electrons. The van der Waals surface area contributed by atoms with E-state index in [1.807, 2.05) is 18.2 Å². The van der Waals surface area contributed by atoms with Crippen LogP contribution in [0.1, 0.15) is 76.8 Å². The van der Waals surface area contributed by atoms with Crippen LogP contribution in [0.25, 0.3) is 10.9 Å². The highest BCUT2D eigenvalue weighted by Crippen LogP contribution is 2.54. The molecule has 3 aliphatic rings. The molecule has 2 aromatic rings. The van der Waals surface area contributed by atoms with Gasteiger partial charge in [0.2, 0.25) is 5.91 Å². The van der Waals surface area contributed by atoms with E-state index in [0.717, 1.165) is 17.3 Å². The van der Waals surface area contributed by atoms with Crippen molar-refractivity contribution < 1.29 is 29.3 Å². The van der Waals surface area contributed by atoms with Gasteiger partial charge in [0.25, 0.3) is 11.6 Å². The fourth-order valence-electron chi connectivity index (χ4n) is 6.05. The van der Waals surface area contributed by atoms with E-state index in [2.05, 4.69) is 18.8 Å². The van der Waals surface area contributed by atoms with E-state index in [4.69, 9.17) is 9.47 Å². The van der Waals surface area contributed by atoms with Crippen molar-refractivity contribution >= 4 is 22.7 Å². The third-order valence-corrected chi connectivity index (χ3v) is 7.74. The highest BCUT2D eigenvalue weighted by molar-refractivity contribution is 6.01. The maximum absolute atomic E-state index is 14.0. The predicted octanol–water partition coefficient (Wildman–Crippen LogP) is 3.02. The number of ether oxygens (including phenoxy) is 2. The molecular weight excluding hydrogens is 462 g/mol. The number of aromatic amines is 1. The lowest BCUT2D eigenvalue weighted by molar-refractivity contribution is -0.242. The van der Waals surface area contributed by atoms with Gasteiger partial charge in [0.1, 0.15) is 17.9 Å². The largest absolute Gasteiger partial charge is 0.497 e. The Morgan fingerprint density at radius 1 is 1.28 bits per heavy atom. The summed E-state index contributed by atoms with van der Waals surface area (Å²) in [6, 6.07) is 4.21. The number of rotatable bonds is 7. The monoisotopic (exact) mass is 499 g/mol. The Labute approximate surface area is 211 Å². The van der Waals surface area contributed by atoms with E-state index in [0.29, 0.717) is 48.9 Å². The number of nitrogens with zero attached hydrogens (tertiary/aromatic N) is 2. The van der Waals surface area contributed by atoms with E-state index < -0.39 is 35.4 Å². The van der Waals surface area contributed by atoms with Crippen molar-refractivity contribution in [1.29, 1.82) is 0 Å². The zero-order valence-corrected chi connectivity index (χ0v) is 21.7. The van der Waals surface area contributed by atoms with Gasteiger partial charge in [0.15, 0.2) is 0 Å². The van der Waals surface area contributed by atoms with E-state index in [1.165, 1.54) is 9.80 Å². The maximum Gasteiger partial charge on any atom is 0.279 e. The van der Waals surface area contributed by atoms with Crippen molar-refractivity contribution in [2.75, 3.05) is 20.3 Å². The molecule has 2 saturated heterocycles. The Bertz CT molecular complexity index is 1180. The average Bonchev–Trinajstić information content (AvgIpc) is 3.43. The smallest absolute Gasteiger partial charge is 0.279 e. The number of fused-ring (bicyclic) bond motifs is 5. The van der Waals surface area contributed by atoms with E-state index in [9.17, 15) is 19.8 Å². The number of hydrogen-bond donors (Lipinski definition) is 3. The lowest BCUT2D eigenvalue weighted by Gasteiger charge is -2.56. The molecule has 3 aliphatic heterocycles. The van der Waals surface area contributed by atoms with Crippen LogP contribution in [0, 0.1) is 5.92 Å². The lowest BCUT2D eigenvalue weighted by Crippen LogP contribution is -2.74. The number of aliphatic hydroxyl groups is 2. The summed E-state index contributed by atoms with van der Waals surface area (Å²) < 4.78 is 11.8. The molecule has 1 aromatic heterocycles. The fraction of sp³-hybridized carbons (Fsp3) is 0.630. The summed E-state index contributed by atoms with van der Waals surface area (Å²) >= 11 is 0. The van der Waals surface area contributed by atoms with Crippen LogP contribution in [0.15, 0.2) is 18.2 Å². The first kappa shape index (κ1) is 25.0. The zero-order chi connectivity index (χ0) is 26.0. The van der Waals surface area contributed by atoms with Gasteiger partial charge in [-0.25, -0.2) is 0 Å². The fourth-order valence-corrected chi connectivity index (χ4v) is 6.05. The van der Waals surface area contributed by atoms with Gasteiger partial charge in [0, 0.05) is 47.8 Å². The van der Waals surface area contributed by atoms with Gasteiger partial charge >= 0.3 is 0 Å². The molecule has 1 aromatic carbocycles. The summed E-state index contributed by atoms with van der Waals surface area (Å²) in [5.74, 6) is 0.207. The first-order valence-electron chi connectivity index (χ1n) is 12.9. The number of nitrogens with one attached hydrogen (secondary N) is 1. The van der Waals surface area contributed by atoms with E-state index in [-0.39, 0.29) is 12.3 Å². The van der Waals surface area contributed by atoms with Gasteiger partial charge < -0.3 is 29.6 Å². The van der Waals surface area contributed by atoms with Gasteiger partial charge in [-0.15, -0.1) is 0 Å². The van der Waals surface area contributed by atoms with Crippen LogP contribution in [0.3, 0.4) is 0 Å². The molecular formula is C27H37N3O6. The van der Waals surface area contributed by atoms with Gasteiger partial charge in [-0.3, -0.25) is 14.5 Å². The topological polar surface area (TPSA) is 115 Å². The maximum atomic E-state index is 14.0. The van der Waals surface area contributed by atoms with Crippen molar-refractivity contribution in [1.82, 2.24) is 14.8 Å². The molecule has 0 unspecified atom stereocenters. The van der Waals surface area contributed by atoms with Crippen LogP contribution in [0.4, 0.5) is 0 Å². The number of piperazine rings is 1. The number of hydrogen-bond acceptors (Lipinski definition) is 6. The van der Waals surface area contributed by atoms with Crippen LogP contribution in [-0.2, 0) is 14.3 Å². The van der Waals surface area contributed by atoms with Crippen LogP contribution < -0.4 is 4.74 Å². The second-order valence-corrected chi connectivity index (χ2v) is 11.4. The molecule has 9 heteroatoms. The minimum atomic E-state index is -2.22. The number of amides is 2. The molecule has 9 nitrogen and oxygen atoms in total. The molecule has 4 atom stereocenters. The van der Waals surface area contributed by atoms with Crippen molar-refractivity contribution in [3.63, 3.8) is 0 Å². The van der Waals surface area contributed by atoms with Gasteiger partial charge in [-0.1, -0.05) is 13.8 Å². The first-order valence-corrected chi connectivity index (χ1v) is 12.9. The lowest BCUT2D eigenvalue weighted by atomic mass is 9.79. The number of benzene rings is 1. The molecule has 5 rings (SSSR count). The summed E-state index contributed by atoms with van der Waals surface area (Å²) in [4.78, 5) is 34.2. The van der Waals surface area contributed by atoms with Crippen LogP contribution >= 0.6 is 0 Å². The molecule has 0 aliphatic carbocycles. The van der Waals surface area contributed by atoms with Gasteiger partial charge in [-0.05, 0) is 51.2 Å². The Morgan fingerprint density at radius 2 is 2.03 bits per heavy atom. The zero-order valence-electron chi connectivity index (χ0n) is 21.7. The molecule has 2 amide bonds. The highest BCUT2D eigenvalue weighted by atomic mass is 16.5. The van der Waals surface area contributed by atoms with Crippen LogP contribution in [0.5, 0.6) is 5.75 Å². The average molecular weight is 500 g/mol. The molecule has 0 saturated carbocycles. The molecule has 36 heavy (non-hydrogen) atoms. The van der Waals surface area contributed by atoms with Crippen LogP contribution in [0.2, 0.25) is 0 Å². The Hall–Kier alpha value is -2.62. The number of methoxy groups -OCH3 is 1. The van der Waals surface area contributed by atoms with Crippen molar-refractivity contribution in [3.8, 4) is 5.75 Å².